The van der Waals surface area contributed by atoms with Gasteiger partial charge in [0.05, 0.1) is 5.69 Å². The summed E-state index contributed by atoms with van der Waals surface area (Å²) in [6.07, 6.45) is 5.54. The Morgan fingerprint density at radius 3 is 2.44 bits per heavy atom. The molecule has 0 bridgehead atoms. The maximum atomic E-state index is 4.83. The van der Waals surface area contributed by atoms with E-state index in [4.69, 9.17) is 4.98 Å². The van der Waals surface area contributed by atoms with Gasteiger partial charge >= 0.3 is 0 Å². The molecule has 0 N–H and O–H groups in total. The maximum absolute atomic E-state index is 4.83. The fourth-order valence-corrected chi connectivity index (χ4v) is 3.60. The highest BCUT2D eigenvalue weighted by Gasteiger charge is 2.15. The van der Waals surface area contributed by atoms with Gasteiger partial charge in [-0.05, 0) is 52.3 Å². The summed E-state index contributed by atoms with van der Waals surface area (Å²) in [4.78, 5) is 4.83. The maximum Gasteiger partial charge on any atom is 0.0780 e. The Morgan fingerprint density at radius 2 is 1.56 bits per heavy atom. The quantitative estimate of drug-likeness (QED) is 0.649. The number of hydrogen-bond donors (Lipinski definition) is 0. The van der Waals surface area contributed by atoms with Crippen LogP contribution in [0, 0.1) is 0 Å². The van der Waals surface area contributed by atoms with Gasteiger partial charge in [0, 0.05) is 17.1 Å². The number of aryl methyl sites for hydroxylation is 2. The number of rotatable bonds is 1. The van der Waals surface area contributed by atoms with Gasteiger partial charge in [0.25, 0.3) is 0 Å². The minimum atomic E-state index is 0.957. The summed E-state index contributed by atoms with van der Waals surface area (Å²) < 4.78 is 0. The molecule has 0 fully saturated rings. The lowest BCUT2D eigenvalue weighted by Crippen LogP contribution is -2.03. The van der Waals surface area contributed by atoms with Crippen molar-refractivity contribution in [1.82, 2.24) is 4.98 Å². The van der Waals surface area contributed by atoms with Gasteiger partial charge in [-0.25, -0.2) is 0 Å². The monoisotopic (exact) mass is 323 g/mol. The molecule has 1 aromatic heterocycles. The Kier molecular flexibility index (Phi) is 4.07. The van der Waals surface area contributed by atoms with Crippen LogP contribution < -0.4 is 10.4 Å². The van der Waals surface area contributed by atoms with Crippen LogP contribution in [0.25, 0.3) is 35.2 Å². The van der Waals surface area contributed by atoms with Crippen LogP contribution in [0.15, 0.2) is 66.9 Å². The molecule has 4 rings (SSSR count). The molecule has 1 aliphatic carbocycles. The Balaban J connectivity index is 2.07. The van der Waals surface area contributed by atoms with E-state index >= 15 is 0 Å². The van der Waals surface area contributed by atoms with Gasteiger partial charge in [0.2, 0.25) is 0 Å². The third-order valence-corrected chi connectivity index (χ3v) is 4.79. The predicted octanol–water partition coefficient (Wildman–Crippen LogP) is 4.34. The van der Waals surface area contributed by atoms with Crippen LogP contribution in [0.2, 0.25) is 0 Å². The SMILES string of the molecule is C=c1ccccc(=C)cc(-c2ncc3c4c(cccc24)CCC3)cc1. The Morgan fingerprint density at radius 1 is 0.760 bits per heavy atom. The fraction of sp³-hybridized carbons (Fsp3) is 0.125. The summed E-state index contributed by atoms with van der Waals surface area (Å²) >= 11 is 0. The van der Waals surface area contributed by atoms with E-state index in [0.29, 0.717) is 0 Å². The van der Waals surface area contributed by atoms with Crippen molar-refractivity contribution in [1.29, 1.82) is 0 Å². The van der Waals surface area contributed by atoms with E-state index in [-0.39, 0.29) is 0 Å². The number of nitrogens with zero attached hydrogens (tertiary/aromatic N) is 1. The summed E-state index contributed by atoms with van der Waals surface area (Å²) in [6.45, 7) is 8.21. The largest absolute Gasteiger partial charge is 0.255 e. The van der Waals surface area contributed by atoms with Crippen molar-refractivity contribution >= 4 is 23.9 Å². The zero-order valence-electron chi connectivity index (χ0n) is 14.3. The molecule has 0 aliphatic heterocycles. The highest BCUT2D eigenvalue weighted by Crippen LogP contribution is 2.34. The van der Waals surface area contributed by atoms with Gasteiger partial charge in [0.1, 0.15) is 0 Å². The zero-order chi connectivity index (χ0) is 17.2. The lowest BCUT2D eigenvalue weighted by Gasteiger charge is -2.18. The molecule has 122 valence electrons. The van der Waals surface area contributed by atoms with Crippen molar-refractivity contribution in [2.24, 2.45) is 0 Å². The van der Waals surface area contributed by atoms with Crippen LogP contribution >= 0.6 is 0 Å². The molecular formula is C24H21N. The van der Waals surface area contributed by atoms with Crippen LogP contribution in [-0.2, 0) is 12.8 Å². The average molecular weight is 323 g/mol. The van der Waals surface area contributed by atoms with E-state index in [9.17, 15) is 0 Å². The van der Waals surface area contributed by atoms with E-state index in [1.54, 1.807) is 0 Å². The van der Waals surface area contributed by atoms with Crippen LogP contribution in [0.4, 0.5) is 0 Å². The van der Waals surface area contributed by atoms with E-state index in [0.717, 1.165) is 34.5 Å². The van der Waals surface area contributed by atoms with Gasteiger partial charge in [-0.2, -0.15) is 0 Å². The Hall–Kier alpha value is -2.93. The molecule has 1 heteroatoms. The molecule has 3 aromatic rings. The second-order valence-corrected chi connectivity index (χ2v) is 6.63. The summed E-state index contributed by atoms with van der Waals surface area (Å²) in [6, 6.07) is 20.8. The van der Waals surface area contributed by atoms with E-state index in [2.05, 4.69) is 49.7 Å². The molecule has 1 heterocycles. The number of hydrogen-bond acceptors (Lipinski definition) is 1. The van der Waals surface area contributed by atoms with Crippen molar-refractivity contribution in [2.75, 3.05) is 0 Å². The number of pyridine rings is 1. The first-order chi connectivity index (χ1) is 12.2. The summed E-state index contributed by atoms with van der Waals surface area (Å²) in [5.41, 5.74) is 4.90. The molecule has 0 unspecified atom stereocenters. The summed E-state index contributed by atoms with van der Waals surface area (Å²) in [5.74, 6) is 0. The molecule has 1 nitrogen and oxygen atoms in total. The summed E-state index contributed by atoms with van der Waals surface area (Å²) in [5, 5.41) is 4.55. The molecule has 2 aromatic carbocycles. The minimum Gasteiger partial charge on any atom is -0.255 e. The summed E-state index contributed by atoms with van der Waals surface area (Å²) in [7, 11) is 0. The highest BCUT2D eigenvalue weighted by atomic mass is 14.7. The van der Waals surface area contributed by atoms with Crippen LogP contribution in [0.1, 0.15) is 17.5 Å². The standard InChI is InChI=1S/C24H21N/c1-17-7-3-4-8-18(2)15-20(14-13-17)24-22-12-6-10-19-9-5-11-21(16-25-24)23(19)22/h3-4,6-8,10,12-16H,1-2,5,9,11H2. The van der Waals surface area contributed by atoms with Crippen LogP contribution in [-0.4, -0.2) is 4.98 Å². The Labute approximate surface area is 148 Å². The van der Waals surface area contributed by atoms with Gasteiger partial charge in [-0.1, -0.05) is 67.8 Å². The lowest BCUT2D eigenvalue weighted by atomic mass is 9.88. The van der Waals surface area contributed by atoms with Crippen LogP contribution in [0.3, 0.4) is 0 Å². The van der Waals surface area contributed by atoms with Gasteiger partial charge in [-0.3, -0.25) is 4.98 Å². The molecule has 25 heavy (non-hydrogen) atoms. The lowest BCUT2D eigenvalue weighted by molar-refractivity contribution is 0.804. The van der Waals surface area contributed by atoms with Gasteiger partial charge in [-0.15, -0.1) is 0 Å². The molecule has 0 amide bonds. The smallest absolute Gasteiger partial charge is 0.0780 e. The van der Waals surface area contributed by atoms with Crippen molar-refractivity contribution in [2.45, 2.75) is 19.3 Å². The first-order valence-electron chi connectivity index (χ1n) is 8.74. The minimum absolute atomic E-state index is 0.957. The fourth-order valence-electron chi connectivity index (χ4n) is 3.60. The molecule has 0 atom stereocenters. The Bertz CT molecular complexity index is 1100. The van der Waals surface area contributed by atoms with Crippen molar-refractivity contribution in [3.8, 4) is 11.3 Å². The number of benzene rings is 1. The van der Waals surface area contributed by atoms with Gasteiger partial charge < -0.3 is 0 Å². The third kappa shape index (κ3) is 3.06. The van der Waals surface area contributed by atoms with Crippen molar-refractivity contribution in [3.05, 3.63) is 88.4 Å². The highest BCUT2D eigenvalue weighted by molar-refractivity contribution is 5.98. The molecule has 0 radical (unpaired) electrons. The molecular weight excluding hydrogens is 302 g/mol. The normalized spacial score (nSPS) is 12.6. The predicted molar refractivity (Wildman–Crippen MR) is 107 cm³/mol. The first kappa shape index (κ1) is 15.6. The average Bonchev–Trinajstić information content (AvgIpc) is 2.63. The molecule has 0 saturated carbocycles. The van der Waals surface area contributed by atoms with E-state index in [1.807, 2.05) is 30.3 Å². The molecule has 0 saturated heterocycles. The van der Waals surface area contributed by atoms with Crippen molar-refractivity contribution in [3.63, 3.8) is 0 Å². The number of aromatic nitrogens is 1. The van der Waals surface area contributed by atoms with Crippen molar-refractivity contribution < 1.29 is 0 Å². The topological polar surface area (TPSA) is 12.9 Å². The molecule has 1 aliphatic rings. The van der Waals surface area contributed by atoms with Crippen LogP contribution in [0.5, 0.6) is 0 Å². The zero-order valence-corrected chi connectivity index (χ0v) is 14.3. The first-order valence-corrected chi connectivity index (χ1v) is 8.74. The van der Waals surface area contributed by atoms with E-state index in [1.165, 1.54) is 28.3 Å². The second kappa shape index (κ2) is 6.52. The third-order valence-electron chi connectivity index (χ3n) is 4.79. The molecule has 0 spiro atoms. The second-order valence-electron chi connectivity index (χ2n) is 6.63. The van der Waals surface area contributed by atoms with Gasteiger partial charge in [0.15, 0.2) is 0 Å². The van der Waals surface area contributed by atoms with E-state index < -0.39 is 0 Å².